The van der Waals surface area contributed by atoms with E-state index in [1.807, 2.05) is 42.6 Å². The van der Waals surface area contributed by atoms with Gasteiger partial charge in [0.1, 0.15) is 12.4 Å². The van der Waals surface area contributed by atoms with Crippen molar-refractivity contribution in [3.05, 3.63) is 65.2 Å². The molecule has 2 rings (SSSR count). The zero-order valence-electron chi connectivity index (χ0n) is 15.8. The zero-order chi connectivity index (χ0) is 18.3. The van der Waals surface area contributed by atoms with Crippen LogP contribution in [0.1, 0.15) is 51.3 Å². The predicted molar refractivity (Wildman–Crippen MR) is 106 cm³/mol. The van der Waals surface area contributed by atoms with Crippen LogP contribution in [0, 0.1) is 17.8 Å². The van der Waals surface area contributed by atoms with Crippen molar-refractivity contribution in [2.75, 3.05) is 0 Å². The first-order valence-corrected chi connectivity index (χ1v) is 8.71. The molecule has 0 spiro atoms. The molecule has 130 valence electrons. The molecule has 0 amide bonds. The molecule has 2 aromatic carbocycles. The molecule has 0 aromatic heterocycles. The van der Waals surface area contributed by atoms with E-state index in [0.717, 1.165) is 22.4 Å². The number of hydrogen-bond donors (Lipinski definition) is 0. The van der Waals surface area contributed by atoms with Gasteiger partial charge in [-0.25, -0.2) is 0 Å². The maximum absolute atomic E-state index is 5.94. The topological polar surface area (TPSA) is 21.6 Å². The molecule has 0 aliphatic heterocycles. The highest BCUT2D eigenvalue weighted by molar-refractivity contribution is 5.84. The van der Waals surface area contributed by atoms with Crippen LogP contribution in [0.3, 0.4) is 0 Å². The van der Waals surface area contributed by atoms with Crippen LogP contribution in [-0.2, 0) is 6.61 Å². The fourth-order valence-corrected chi connectivity index (χ4v) is 2.08. The fraction of sp³-hybridized carbons (Fsp3) is 0.348. The number of benzene rings is 2. The van der Waals surface area contributed by atoms with Crippen LogP contribution >= 0.6 is 0 Å². The van der Waals surface area contributed by atoms with E-state index >= 15 is 0 Å². The monoisotopic (exact) mass is 333 g/mol. The van der Waals surface area contributed by atoms with Gasteiger partial charge in [0.2, 0.25) is 0 Å². The molecule has 0 N–H and O–H groups in total. The first-order chi connectivity index (χ1) is 11.8. The third-order valence-electron chi connectivity index (χ3n) is 3.36. The molecular weight excluding hydrogens is 306 g/mol. The quantitative estimate of drug-likeness (QED) is 0.535. The van der Waals surface area contributed by atoms with Crippen molar-refractivity contribution in [3.8, 4) is 17.6 Å². The Morgan fingerprint density at radius 1 is 1.08 bits per heavy atom. The second kappa shape index (κ2) is 8.53. The highest BCUT2D eigenvalue weighted by Gasteiger charge is 2.07. The Labute approximate surface area is 152 Å². The molecule has 0 atom stereocenters. The Morgan fingerprint density at radius 3 is 2.44 bits per heavy atom. The molecule has 2 aromatic rings. The van der Waals surface area contributed by atoms with Crippen molar-refractivity contribution in [1.82, 2.24) is 0 Å². The van der Waals surface area contributed by atoms with E-state index in [1.165, 1.54) is 0 Å². The molecule has 2 heteroatoms. The summed E-state index contributed by atoms with van der Waals surface area (Å²) in [4.78, 5) is 4.63. The van der Waals surface area contributed by atoms with Crippen LogP contribution in [0.15, 0.2) is 53.5 Å². The second-order valence-corrected chi connectivity index (χ2v) is 7.38. The lowest BCUT2D eigenvalue weighted by Gasteiger charge is -2.12. The smallest absolute Gasteiger partial charge is 0.120 e. The molecule has 0 saturated carbocycles. The lowest BCUT2D eigenvalue weighted by molar-refractivity contribution is 0.306. The molecule has 0 saturated heterocycles. The Hall–Kier alpha value is -2.53. The van der Waals surface area contributed by atoms with Crippen molar-refractivity contribution >= 4 is 6.21 Å². The lowest BCUT2D eigenvalue weighted by atomic mass is 10.1. The van der Waals surface area contributed by atoms with Gasteiger partial charge < -0.3 is 4.74 Å². The average molecular weight is 333 g/mol. The van der Waals surface area contributed by atoms with E-state index in [1.54, 1.807) is 0 Å². The SMILES string of the molecule is CC(C)C#Cc1ccc(OCc2ccccc2)cc1C=NC(C)(C)C. The highest BCUT2D eigenvalue weighted by Crippen LogP contribution is 2.19. The van der Waals surface area contributed by atoms with E-state index < -0.39 is 0 Å². The van der Waals surface area contributed by atoms with Crippen molar-refractivity contribution in [3.63, 3.8) is 0 Å². The van der Waals surface area contributed by atoms with E-state index in [4.69, 9.17) is 4.74 Å². The minimum Gasteiger partial charge on any atom is -0.489 e. The summed E-state index contributed by atoms with van der Waals surface area (Å²) >= 11 is 0. The van der Waals surface area contributed by atoms with Gasteiger partial charge in [-0.2, -0.15) is 0 Å². The van der Waals surface area contributed by atoms with E-state index in [2.05, 4.69) is 63.6 Å². The minimum atomic E-state index is -0.121. The fourth-order valence-electron chi connectivity index (χ4n) is 2.08. The van der Waals surface area contributed by atoms with Gasteiger partial charge in [0, 0.05) is 23.3 Å². The predicted octanol–water partition coefficient (Wildman–Crippen LogP) is 5.49. The summed E-state index contributed by atoms with van der Waals surface area (Å²) in [6.45, 7) is 11.0. The molecule has 0 aliphatic carbocycles. The number of ether oxygens (including phenoxy) is 1. The van der Waals surface area contributed by atoms with Crippen LogP contribution in [0.2, 0.25) is 0 Å². The third kappa shape index (κ3) is 6.85. The van der Waals surface area contributed by atoms with Gasteiger partial charge in [0.05, 0.1) is 5.54 Å². The molecule has 2 nitrogen and oxygen atoms in total. The summed E-state index contributed by atoms with van der Waals surface area (Å²) in [6, 6.07) is 16.2. The molecule has 0 heterocycles. The Bertz CT molecular complexity index is 771. The number of aliphatic imine (C=N–C) groups is 1. The average Bonchev–Trinajstić information content (AvgIpc) is 2.57. The van der Waals surface area contributed by atoms with Gasteiger partial charge in [-0.15, -0.1) is 0 Å². The lowest BCUT2D eigenvalue weighted by Crippen LogP contribution is -2.10. The van der Waals surface area contributed by atoms with Crippen LogP contribution in [0.4, 0.5) is 0 Å². The molecule has 0 radical (unpaired) electrons. The van der Waals surface area contributed by atoms with E-state index in [-0.39, 0.29) is 5.54 Å². The molecule has 0 unspecified atom stereocenters. The van der Waals surface area contributed by atoms with Gasteiger partial charge in [-0.1, -0.05) is 56.0 Å². The van der Waals surface area contributed by atoms with Crippen molar-refractivity contribution in [2.24, 2.45) is 10.9 Å². The van der Waals surface area contributed by atoms with Gasteiger partial charge in [-0.05, 0) is 44.5 Å². The highest BCUT2D eigenvalue weighted by atomic mass is 16.5. The third-order valence-corrected chi connectivity index (χ3v) is 3.36. The molecule has 25 heavy (non-hydrogen) atoms. The number of rotatable bonds is 4. The number of nitrogens with zero attached hydrogens (tertiary/aromatic N) is 1. The van der Waals surface area contributed by atoms with Crippen LogP contribution in [0.5, 0.6) is 5.75 Å². The Kier molecular flexibility index (Phi) is 6.42. The van der Waals surface area contributed by atoms with E-state index in [9.17, 15) is 0 Å². The normalized spacial score (nSPS) is 11.4. The summed E-state index contributed by atoms with van der Waals surface area (Å²) in [5.74, 6) is 7.64. The van der Waals surface area contributed by atoms with Gasteiger partial charge in [0.25, 0.3) is 0 Å². The zero-order valence-corrected chi connectivity index (χ0v) is 15.8. The maximum Gasteiger partial charge on any atom is 0.120 e. The standard InChI is InChI=1S/C23H27NO/c1-18(2)11-12-20-13-14-22(15-21(20)16-24-23(3,4)5)25-17-19-9-7-6-8-10-19/h6-10,13-16,18H,17H2,1-5H3. The summed E-state index contributed by atoms with van der Waals surface area (Å²) in [6.07, 6.45) is 1.90. The van der Waals surface area contributed by atoms with Crippen molar-refractivity contribution in [1.29, 1.82) is 0 Å². The molecule has 0 fully saturated rings. The Morgan fingerprint density at radius 2 is 1.80 bits per heavy atom. The summed E-state index contributed by atoms with van der Waals surface area (Å²) < 4.78 is 5.94. The van der Waals surface area contributed by atoms with Gasteiger partial charge in [0.15, 0.2) is 0 Å². The first-order valence-electron chi connectivity index (χ1n) is 8.71. The Balaban J connectivity index is 2.25. The molecule has 0 aliphatic rings. The van der Waals surface area contributed by atoms with Gasteiger partial charge in [-0.3, -0.25) is 4.99 Å². The summed E-state index contributed by atoms with van der Waals surface area (Å²) in [7, 11) is 0. The minimum absolute atomic E-state index is 0.121. The summed E-state index contributed by atoms with van der Waals surface area (Å²) in [5, 5.41) is 0. The molecule has 0 bridgehead atoms. The first kappa shape index (κ1) is 18.8. The largest absolute Gasteiger partial charge is 0.489 e. The van der Waals surface area contributed by atoms with Crippen LogP contribution < -0.4 is 4.74 Å². The van der Waals surface area contributed by atoms with Crippen LogP contribution in [-0.4, -0.2) is 11.8 Å². The van der Waals surface area contributed by atoms with E-state index in [0.29, 0.717) is 12.5 Å². The second-order valence-electron chi connectivity index (χ2n) is 7.38. The van der Waals surface area contributed by atoms with Gasteiger partial charge >= 0.3 is 0 Å². The van der Waals surface area contributed by atoms with Crippen molar-refractivity contribution in [2.45, 2.75) is 46.8 Å². The number of hydrogen-bond acceptors (Lipinski definition) is 2. The molecular formula is C23H27NO. The summed E-state index contributed by atoms with van der Waals surface area (Å²) in [5.41, 5.74) is 3.00. The van der Waals surface area contributed by atoms with Crippen molar-refractivity contribution < 1.29 is 4.74 Å². The van der Waals surface area contributed by atoms with Crippen LogP contribution in [0.25, 0.3) is 0 Å². The maximum atomic E-state index is 5.94.